The average Bonchev–Trinajstić information content (AvgIpc) is 2.47. The maximum atomic E-state index is 5.11. The van der Waals surface area contributed by atoms with Crippen molar-refractivity contribution in [2.75, 3.05) is 19.5 Å². The molecule has 0 saturated carbocycles. The molecule has 2 rings (SSSR count). The summed E-state index contributed by atoms with van der Waals surface area (Å²) >= 11 is 0. The Labute approximate surface area is 113 Å². The molecule has 0 aliphatic carbocycles. The van der Waals surface area contributed by atoms with E-state index in [1.54, 1.807) is 7.11 Å². The van der Waals surface area contributed by atoms with E-state index in [1.165, 1.54) is 5.56 Å². The summed E-state index contributed by atoms with van der Waals surface area (Å²) in [5, 5.41) is 3.06. The molecule has 0 spiro atoms. The smallest absolute Gasteiger partial charge is 0.157 e. The molecule has 1 N–H and O–H groups in total. The second-order valence-corrected chi connectivity index (χ2v) is 4.29. The fraction of sp³-hybridized carbons (Fsp3) is 0.333. The largest absolute Gasteiger partial charge is 0.377 e. The SMILES string of the molecule is CCc1cccc(-c2cc(NC)nc(COC)n2)c1. The number of nitrogens with zero attached hydrogens (tertiary/aromatic N) is 2. The van der Waals surface area contributed by atoms with Gasteiger partial charge < -0.3 is 10.1 Å². The summed E-state index contributed by atoms with van der Waals surface area (Å²) in [4.78, 5) is 8.90. The maximum Gasteiger partial charge on any atom is 0.157 e. The van der Waals surface area contributed by atoms with Gasteiger partial charge in [0.1, 0.15) is 12.4 Å². The minimum atomic E-state index is 0.413. The van der Waals surface area contributed by atoms with Crippen LogP contribution >= 0.6 is 0 Å². The lowest BCUT2D eigenvalue weighted by atomic mass is 10.1. The van der Waals surface area contributed by atoms with Crippen LogP contribution < -0.4 is 5.32 Å². The highest BCUT2D eigenvalue weighted by Gasteiger charge is 2.06. The molecule has 0 fully saturated rings. The van der Waals surface area contributed by atoms with Crippen LogP contribution in [0.3, 0.4) is 0 Å². The molecule has 0 unspecified atom stereocenters. The van der Waals surface area contributed by atoms with Crippen LogP contribution in [-0.2, 0) is 17.8 Å². The summed E-state index contributed by atoms with van der Waals surface area (Å²) in [6.07, 6.45) is 1.02. The first-order valence-corrected chi connectivity index (χ1v) is 6.40. The molecule has 0 amide bonds. The van der Waals surface area contributed by atoms with Crippen molar-refractivity contribution in [3.05, 3.63) is 41.7 Å². The van der Waals surface area contributed by atoms with Gasteiger partial charge in [-0.1, -0.05) is 25.1 Å². The van der Waals surface area contributed by atoms with Gasteiger partial charge in [-0.05, 0) is 18.1 Å². The van der Waals surface area contributed by atoms with E-state index in [0.717, 1.165) is 23.5 Å². The Balaban J connectivity index is 2.44. The maximum absolute atomic E-state index is 5.11. The van der Waals surface area contributed by atoms with Crippen LogP contribution in [0.15, 0.2) is 30.3 Å². The van der Waals surface area contributed by atoms with Crippen LogP contribution in [0.25, 0.3) is 11.3 Å². The van der Waals surface area contributed by atoms with Gasteiger partial charge in [0, 0.05) is 25.8 Å². The molecule has 2 aromatic rings. The van der Waals surface area contributed by atoms with Crippen LogP contribution in [0.2, 0.25) is 0 Å². The Bertz CT molecular complexity index is 555. The lowest BCUT2D eigenvalue weighted by molar-refractivity contribution is 0.178. The van der Waals surface area contributed by atoms with Crippen LogP contribution in [-0.4, -0.2) is 24.1 Å². The number of ether oxygens (including phenoxy) is 1. The number of aromatic nitrogens is 2. The van der Waals surface area contributed by atoms with E-state index in [0.29, 0.717) is 12.4 Å². The number of anilines is 1. The van der Waals surface area contributed by atoms with E-state index in [4.69, 9.17) is 4.74 Å². The van der Waals surface area contributed by atoms with Crippen molar-refractivity contribution >= 4 is 5.82 Å². The van der Waals surface area contributed by atoms with E-state index in [9.17, 15) is 0 Å². The number of hydrogen-bond donors (Lipinski definition) is 1. The molecule has 0 saturated heterocycles. The molecule has 19 heavy (non-hydrogen) atoms. The molecule has 1 aromatic carbocycles. The second kappa shape index (κ2) is 6.29. The van der Waals surface area contributed by atoms with Gasteiger partial charge in [0.15, 0.2) is 5.82 Å². The Hall–Kier alpha value is -1.94. The Morgan fingerprint density at radius 3 is 2.74 bits per heavy atom. The summed E-state index contributed by atoms with van der Waals surface area (Å²) in [6, 6.07) is 10.4. The van der Waals surface area contributed by atoms with Crippen molar-refractivity contribution in [3.8, 4) is 11.3 Å². The molecule has 0 aliphatic heterocycles. The van der Waals surface area contributed by atoms with Crippen molar-refractivity contribution in [3.63, 3.8) is 0 Å². The van der Waals surface area contributed by atoms with Crippen LogP contribution in [0, 0.1) is 0 Å². The van der Waals surface area contributed by atoms with E-state index in [1.807, 2.05) is 13.1 Å². The normalized spacial score (nSPS) is 10.5. The lowest BCUT2D eigenvalue weighted by Crippen LogP contribution is -2.02. The zero-order valence-corrected chi connectivity index (χ0v) is 11.6. The first-order chi connectivity index (χ1) is 9.26. The van der Waals surface area contributed by atoms with Crippen LogP contribution in [0.5, 0.6) is 0 Å². The Kier molecular flexibility index (Phi) is 4.47. The fourth-order valence-electron chi connectivity index (χ4n) is 1.92. The van der Waals surface area contributed by atoms with Gasteiger partial charge in [-0.25, -0.2) is 9.97 Å². The highest BCUT2D eigenvalue weighted by atomic mass is 16.5. The summed E-state index contributed by atoms with van der Waals surface area (Å²) in [7, 11) is 3.50. The van der Waals surface area contributed by atoms with Gasteiger partial charge in [-0.15, -0.1) is 0 Å². The van der Waals surface area contributed by atoms with Crippen molar-refractivity contribution in [1.82, 2.24) is 9.97 Å². The van der Waals surface area contributed by atoms with Gasteiger partial charge in [0.25, 0.3) is 0 Å². The number of hydrogen-bond acceptors (Lipinski definition) is 4. The number of aryl methyl sites for hydroxylation is 1. The van der Waals surface area contributed by atoms with Gasteiger partial charge in [0.05, 0.1) is 5.69 Å². The zero-order chi connectivity index (χ0) is 13.7. The van der Waals surface area contributed by atoms with E-state index < -0.39 is 0 Å². The molecule has 4 nitrogen and oxygen atoms in total. The topological polar surface area (TPSA) is 47.0 Å². The van der Waals surface area contributed by atoms with E-state index in [2.05, 4.69) is 46.5 Å². The first kappa shape index (κ1) is 13.5. The summed E-state index contributed by atoms with van der Waals surface area (Å²) < 4.78 is 5.11. The van der Waals surface area contributed by atoms with Crippen molar-refractivity contribution in [1.29, 1.82) is 0 Å². The quantitative estimate of drug-likeness (QED) is 0.894. The van der Waals surface area contributed by atoms with Crippen molar-refractivity contribution in [2.45, 2.75) is 20.0 Å². The molecular weight excluding hydrogens is 238 g/mol. The highest BCUT2D eigenvalue weighted by Crippen LogP contribution is 2.21. The minimum absolute atomic E-state index is 0.413. The number of nitrogens with one attached hydrogen (secondary N) is 1. The van der Waals surface area contributed by atoms with Gasteiger partial charge in [-0.3, -0.25) is 0 Å². The summed E-state index contributed by atoms with van der Waals surface area (Å²) in [5.41, 5.74) is 3.33. The monoisotopic (exact) mass is 257 g/mol. The molecule has 1 aromatic heterocycles. The van der Waals surface area contributed by atoms with Crippen LogP contribution in [0.4, 0.5) is 5.82 Å². The summed E-state index contributed by atoms with van der Waals surface area (Å²) in [5.74, 6) is 1.49. The third-order valence-corrected chi connectivity index (χ3v) is 2.93. The lowest BCUT2D eigenvalue weighted by Gasteiger charge is -2.08. The van der Waals surface area contributed by atoms with Crippen molar-refractivity contribution in [2.24, 2.45) is 0 Å². The predicted molar refractivity (Wildman–Crippen MR) is 77.1 cm³/mol. The number of benzene rings is 1. The third kappa shape index (κ3) is 3.29. The molecule has 0 bridgehead atoms. The molecular formula is C15H19N3O. The number of rotatable bonds is 5. The highest BCUT2D eigenvalue weighted by molar-refractivity contribution is 5.63. The standard InChI is InChI=1S/C15H19N3O/c1-4-11-6-5-7-12(8-11)13-9-14(16-2)18-15(17-13)10-19-3/h5-9H,4,10H2,1-3H3,(H,16,17,18). The summed E-state index contributed by atoms with van der Waals surface area (Å²) in [6.45, 7) is 2.56. The zero-order valence-electron chi connectivity index (χ0n) is 11.6. The molecule has 0 radical (unpaired) electrons. The first-order valence-electron chi connectivity index (χ1n) is 6.40. The molecule has 1 heterocycles. The third-order valence-electron chi connectivity index (χ3n) is 2.93. The van der Waals surface area contributed by atoms with E-state index in [-0.39, 0.29) is 0 Å². The Morgan fingerprint density at radius 2 is 2.05 bits per heavy atom. The van der Waals surface area contributed by atoms with Gasteiger partial charge in [0.2, 0.25) is 0 Å². The molecule has 0 atom stereocenters. The van der Waals surface area contributed by atoms with Gasteiger partial charge >= 0.3 is 0 Å². The molecule has 0 aliphatic rings. The van der Waals surface area contributed by atoms with Gasteiger partial charge in [-0.2, -0.15) is 0 Å². The van der Waals surface area contributed by atoms with Crippen molar-refractivity contribution < 1.29 is 4.74 Å². The predicted octanol–water partition coefficient (Wildman–Crippen LogP) is 2.89. The fourth-order valence-corrected chi connectivity index (χ4v) is 1.92. The number of methoxy groups -OCH3 is 1. The average molecular weight is 257 g/mol. The molecule has 100 valence electrons. The molecule has 4 heteroatoms. The Morgan fingerprint density at radius 1 is 1.21 bits per heavy atom. The second-order valence-electron chi connectivity index (χ2n) is 4.29. The van der Waals surface area contributed by atoms with Crippen LogP contribution in [0.1, 0.15) is 18.3 Å². The minimum Gasteiger partial charge on any atom is -0.377 e. The van der Waals surface area contributed by atoms with E-state index >= 15 is 0 Å².